The number of nitrogens with zero attached hydrogens (tertiary/aromatic N) is 1. The van der Waals surface area contributed by atoms with Gasteiger partial charge in [-0.15, -0.1) is 0 Å². The summed E-state index contributed by atoms with van der Waals surface area (Å²) >= 11 is 0. The van der Waals surface area contributed by atoms with Gasteiger partial charge in [-0.05, 0) is 31.0 Å². The van der Waals surface area contributed by atoms with Gasteiger partial charge in [0.15, 0.2) is 0 Å². The number of hydrogen-bond acceptors (Lipinski definition) is 5. The molecular weight excluding hydrogens is 366 g/mol. The van der Waals surface area contributed by atoms with E-state index < -0.39 is 16.2 Å². The summed E-state index contributed by atoms with van der Waals surface area (Å²) in [5.74, 6) is -0.296. The van der Waals surface area contributed by atoms with Gasteiger partial charge in [0, 0.05) is 12.1 Å². The molecule has 0 aliphatic rings. The maximum atomic E-state index is 13.0. The van der Waals surface area contributed by atoms with E-state index >= 15 is 0 Å². The zero-order valence-electron chi connectivity index (χ0n) is 15.4. The van der Waals surface area contributed by atoms with E-state index in [9.17, 15) is 18.0 Å². The first kappa shape index (κ1) is 20.8. The number of aryl methyl sites for hydroxylation is 1. The van der Waals surface area contributed by atoms with Crippen molar-refractivity contribution in [2.75, 3.05) is 12.9 Å². The van der Waals surface area contributed by atoms with E-state index in [0.29, 0.717) is 11.8 Å². The molecule has 1 atom stereocenters. The Labute approximate surface area is 159 Å². The first-order valence-electron chi connectivity index (χ1n) is 8.51. The zero-order chi connectivity index (χ0) is 19.9. The zero-order valence-corrected chi connectivity index (χ0v) is 16.2. The van der Waals surface area contributed by atoms with Crippen LogP contribution in [0, 0.1) is 6.92 Å². The van der Waals surface area contributed by atoms with Gasteiger partial charge in [0.25, 0.3) is 16.0 Å². The third kappa shape index (κ3) is 6.62. The molecule has 0 spiro atoms. The van der Waals surface area contributed by atoms with Crippen LogP contribution in [0.5, 0.6) is 0 Å². The van der Waals surface area contributed by atoms with E-state index in [1.54, 1.807) is 12.1 Å². The number of hydrogen-bond donors (Lipinski definition) is 0. The van der Waals surface area contributed by atoms with E-state index in [0.717, 1.165) is 17.4 Å². The molecule has 0 N–H and O–H groups in total. The Kier molecular flexibility index (Phi) is 7.27. The van der Waals surface area contributed by atoms with Gasteiger partial charge >= 0.3 is 0 Å². The molecular formula is C20H23NO5S. The Morgan fingerprint density at radius 3 is 2.30 bits per heavy atom. The molecule has 0 aromatic heterocycles. The van der Waals surface area contributed by atoms with Gasteiger partial charge in [-0.3, -0.25) is 8.98 Å². The van der Waals surface area contributed by atoms with Gasteiger partial charge in [0.1, 0.15) is 6.29 Å². The monoisotopic (exact) mass is 389 g/mol. The minimum Gasteiger partial charge on any atom is -0.324 e. The van der Waals surface area contributed by atoms with E-state index in [2.05, 4.69) is 0 Å². The average molecular weight is 389 g/mol. The maximum Gasteiger partial charge on any atom is 0.264 e. The molecule has 0 aliphatic carbocycles. The van der Waals surface area contributed by atoms with Crippen molar-refractivity contribution in [2.45, 2.75) is 25.9 Å². The molecule has 144 valence electrons. The van der Waals surface area contributed by atoms with Crippen LogP contribution in [-0.4, -0.2) is 44.4 Å². The second-order valence-corrected chi connectivity index (χ2v) is 7.95. The summed E-state index contributed by atoms with van der Waals surface area (Å²) in [5.41, 5.74) is 2.36. The van der Waals surface area contributed by atoms with Crippen LogP contribution in [-0.2, 0) is 25.6 Å². The van der Waals surface area contributed by atoms with Gasteiger partial charge in [-0.1, -0.05) is 48.0 Å². The van der Waals surface area contributed by atoms with Crippen molar-refractivity contribution in [1.29, 1.82) is 0 Å². The molecule has 0 radical (unpaired) electrons. The Balaban J connectivity index is 2.25. The second-order valence-electron chi connectivity index (χ2n) is 6.30. The lowest BCUT2D eigenvalue weighted by molar-refractivity contribution is -0.112. The van der Waals surface area contributed by atoms with Crippen LogP contribution in [0.3, 0.4) is 0 Å². The smallest absolute Gasteiger partial charge is 0.264 e. The number of carbonyl (C=O) groups is 2. The predicted octanol–water partition coefficient (Wildman–Crippen LogP) is 2.57. The van der Waals surface area contributed by atoms with Gasteiger partial charge < -0.3 is 9.69 Å². The highest BCUT2D eigenvalue weighted by atomic mass is 32.2. The Morgan fingerprint density at radius 2 is 1.74 bits per heavy atom. The van der Waals surface area contributed by atoms with Crippen molar-refractivity contribution in [3.8, 4) is 0 Å². The molecule has 2 rings (SSSR count). The molecule has 27 heavy (non-hydrogen) atoms. The van der Waals surface area contributed by atoms with Crippen molar-refractivity contribution < 1.29 is 22.2 Å². The Morgan fingerprint density at radius 1 is 1.11 bits per heavy atom. The molecule has 0 saturated heterocycles. The fraction of sp³-hybridized carbons (Fsp3) is 0.300. The number of rotatable bonds is 9. The summed E-state index contributed by atoms with van der Waals surface area (Å²) in [6, 6.07) is 15.6. The van der Waals surface area contributed by atoms with Crippen molar-refractivity contribution in [3.63, 3.8) is 0 Å². The predicted molar refractivity (Wildman–Crippen MR) is 103 cm³/mol. The lowest BCUT2D eigenvalue weighted by Crippen LogP contribution is -2.41. The first-order valence-corrected chi connectivity index (χ1v) is 10.3. The lowest BCUT2D eigenvalue weighted by Gasteiger charge is -2.28. The van der Waals surface area contributed by atoms with E-state index in [4.69, 9.17) is 4.18 Å². The molecule has 0 heterocycles. The lowest BCUT2D eigenvalue weighted by atomic mass is 10.1. The Bertz CT molecular complexity index is 863. The van der Waals surface area contributed by atoms with Gasteiger partial charge in [-0.25, -0.2) is 0 Å². The molecule has 0 aliphatic heterocycles. The molecule has 0 bridgehead atoms. The van der Waals surface area contributed by atoms with Crippen LogP contribution < -0.4 is 0 Å². The molecule has 6 nitrogen and oxygen atoms in total. The van der Waals surface area contributed by atoms with Crippen LogP contribution in [0.2, 0.25) is 0 Å². The summed E-state index contributed by atoms with van der Waals surface area (Å²) in [6.07, 6.45) is 1.68. The van der Waals surface area contributed by atoms with Gasteiger partial charge in [-0.2, -0.15) is 8.42 Å². The first-order chi connectivity index (χ1) is 12.8. The molecule has 2 aromatic carbocycles. The van der Waals surface area contributed by atoms with Crippen LogP contribution in [0.25, 0.3) is 0 Å². The number of amides is 1. The molecule has 2 aromatic rings. The minimum atomic E-state index is -3.61. The number of carbonyl (C=O) groups excluding carboxylic acids is 2. The summed E-state index contributed by atoms with van der Waals surface area (Å²) in [5, 5.41) is 0. The molecule has 0 fully saturated rings. The number of benzene rings is 2. The highest BCUT2D eigenvalue weighted by molar-refractivity contribution is 7.85. The van der Waals surface area contributed by atoms with Gasteiger partial charge in [0.05, 0.1) is 18.9 Å². The van der Waals surface area contributed by atoms with Crippen molar-refractivity contribution in [1.82, 2.24) is 4.90 Å². The fourth-order valence-electron chi connectivity index (χ4n) is 2.60. The largest absolute Gasteiger partial charge is 0.324 e. The summed E-state index contributed by atoms with van der Waals surface area (Å²) in [6.45, 7) is 1.98. The molecule has 1 amide bonds. The number of aldehydes is 1. The van der Waals surface area contributed by atoms with Crippen molar-refractivity contribution in [2.24, 2.45) is 0 Å². The second kappa shape index (κ2) is 9.43. The summed E-state index contributed by atoms with van der Waals surface area (Å²) in [7, 11) is -3.61. The molecule has 7 heteroatoms. The standard InChI is InChI=1S/C20H23NO5S/c1-16-8-10-18(11-9-16)20(23)21(14-17-6-4-3-5-7-17)19(15-22)12-13-26-27(2,24)25/h3-11,15,19H,12-14H2,1-2H3. The van der Waals surface area contributed by atoms with Crippen molar-refractivity contribution in [3.05, 3.63) is 71.3 Å². The SMILES string of the molecule is Cc1ccc(C(=O)N(Cc2ccccc2)C(C=O)CCOS(C)(=O)=O)cc1. The van der Waals surface area contributed by atoms with E-state index in [-0.39, 0.29) is 25.5 Å². The topological polar surface area (TPSA) is 80.8 Å². The van der Waals surface area contributed by atoms with E-state index in [1.807, 2.05) is 49.4 Å². The molecule has 1 unspecified atom stereocenters. The summed E-state index contributed by atoms with van der Waals surface area (Å²) < 4.78 is 27.1. The average Bonchev–Trinajstić information content (AvgIpc) is 2.64. The van der Waals surface area contributed by atoms with Crippen LogP contribution in [0.4, 0.5) is 0 Å². The highest BCUT2D eigenvalue weighted by Crippen LogP contribution is 2.16. The quantitative estimate of drug-likeness (QED) is 0.486. The van der Waals surface area contributed by atoms with Crippen LogP contribution in [0.15, 0.2) is 54.6 Å². The molecule has 0 saturated carbocycles. The third-order valence-electron chi connectivity index (χ3n) is 4.02. The van der Waals surface area contributed by atoms with Crippen LogP contribution >= 0.6 is 0 Å². The van der Waals surface area contributed by atoms with Gasteiger partial charge in [0.2, 0.25) is 0 Å². The fourth-order valence-corrected chi connectivity index (χ4v) is 3.00. The minimum absolute atomic E-state index is 0.0843. The third-order valence-corrected chi connectivity index (χ3v) is 4.62. The van der Waals surface area contributed by atoms with E-state index in [1.165, 1.54) is 4.90 Å². The van der Waals surface area contributed by atoms with Crippen LogP contribution in [0.1, 0.15) is 27.9 Å². The summed E-state index contributed by atoms with van der Waals surface area (Å²) in [4.78, 5) is 26.2. The van der Waals surface area contributed by atoms with Crippen molar-refractivity contribution >= 4 is 22.3 Å². The normalized spacial score (nSPS) is 12.4. The Hall–Kier alpha value is -2.51. The highest BCUT2D eigenvalue weighted by Gasteiger charge is 2.25. The maximum absolute atomic E-state index is 13.0.